The van der Waals surface area contributed by atoms with Crippen LogP contribution in [0.1, 0.15) is 5.89 Å². The fourth-order valence-corrected chi connectivity index (χ4v) is 2.86. The highest BCUT2D eigenvalue weighted by molar-refractivity contribution is 5.78. The van der Waals surface area contributed by atoms with Crippen LogP contribution in [0.2, 0.25) is 0 Å². The van der Waals surface area contributed by atoms with Crippen molar-refractivity contribution in [1.29, 1.82) is 0 Å². The summed E-state index contributed by atoms with van der Waals surface area (Å²) in [6.45, 7) is 8.80. The van der Waals surface area contributed by atoms with E-state index in [-0.39, 0.29) is 5.91 Å². The van der Waals surface area contributed by atoms with E-state index >= 15 is 0 Å². The summed E-state index contributed by atoms with van der Waals surface area (Å²) in [4.78, 5) is 20.6. The average molecular weight is 340 g/mol. The molecule has 1 N–H and O–H groups in total. The molecule has 1 aromatic heterocycles. The van der Waals surface area contributed by atoms with Crippen molar-refractivity contribution < 1.29 is 9.21 Å². The maximum Gasteiger partial charge on any atom is 0.234 e. The van der Waals surface area contributed by atoms with Crippen LogP contribution in [0.15, 0.2) is 53.6 Å². The van der Waals surface area contributed by atoms with Gasteiger partial charge in [0, 0.05) is 38.3 Å². The lowest BCUT2D eigenvalue weighted by Crippen LogP contribution is -2.49. The summed E-state index contributed by atoms with van der Waals surface area (Å²) in [6.07, 6.45) is 3.47. The second-order valence-corrected chi connectivity index (χ2v) is 6.13. The second-order valence-electron chi connectivity index (χ2n) is 6.13. The van der Waals surface area contributed by atoms with Gasteiger partial charge >= 0.3 is 0 Å². The average Bonchev–Trinajstić information content (AvgIpc) is 3.11. The minimum Gasteiger partial charge on any atom is -0.439 e. The van der Waals surface area contributed by atoms with E-state index in [0.29, 0.717) is 19.6 Å². The maximum absolute atomic E-state index is 11.7. The van der Waals surface area contributed by atoms with Gasteiger partial charge in [-0.2, -0.15) is 0 Å². The van der Waals surface area contributed by atoms with Gasteiger partial charge < -0.3 is 9.73 Å². The van der Waals surface area contributed by atoms with E-state index in [9.17, 15) is 4.79 Å². The molecule has 2 heterocycles. The van der Waals surface area contributed by atoms with Gasteiger partial charge in [-0.25, -0.2) is 4.98 Å². The summed E-state index contributed by atoms with van der Waals surface area (Å²) < 4.78 is 5.87. The van der Waals surface area contributed by atoms with Gasteiger partial charge in [0.1, 0.15) is 0 Å². The summed E-state index contributed by atoms with van der Waals surface area (Å²) in [5.41, 5.74) is 1.04. The van der Waals surface area contributed by atoms with E-state index in [2.05, 4.69) is 26.7 Å². The lowest BCUT2D eigenvalue weighted by molar-refractivity contribution is -0.122. The molecule has 1 aliphatic rings. The molecule has 6 heteroatoms. The highest BCUT2D eigenvalue weighted by atomic mass is 16.4. The van der Waals surface area contributed by atoms with Crippen molar-refractivity contribution in [2.45, 2.75) is 6.54 Å². The van der Waals surface area contributed by atoms with Crippen molar-refractivity contribution in [2.24, 2.45) is 0 Å². The van der Waals surface area contributed by atoms with E-state index in [1.165, 1.54) is 0 Å². The van der Waals surface area contributed by atoms with Crippen LogP contribution >= 0.6 is 0 Å². The Labute approximate surface area is 148 Å². The highest BCUT2D eigenvalue weighted by Gasteiger charge is 2.20. The first-order valence-corrected chi connectivity index (χ1v) is 8.57. The molecule has 3 rings (SSSR count). The van der Waals surface area contributed by atoms with Crippen molar-refractivity contribution >= 4 is 5.91 Å². The molecule has 1 fully saturated rings. The lowest BCUT2D eigenvalue weighted by atomic mass is 10.2. The van der Waals surface area contributed by atoms with Crippen LogP contribution in [0.4, 0.5) is 0 Å². The molecular weight excluding hydrogens is 316 g/mol. The molecule has 0 unspecified atom stereocenters. The van der Waals surface area contributed by atoms with Gasteiger partial charge in [0.15, 0.2) is 5.76 Å². The molecule has 0 radical (unpaired) electrons. The molecule has 132 valence electrons. The van der Waals surface area contributed by atoms with Crippen molar-refractivity contribution in [2.75, 3.05) is 39.3 Å². The Balaban J connectivity index is 1.46. The van der Waals surface area contributed by atoms with Crippen LogP contribution in [0.25, 0.3) is 11.3 Å². The quantitative estimate of drug-likeness (QED) is 0.778. The molecule has 0 saturated carbocycles. The predicted molar refractivity (Wildman–Crippen MR) is 96.9 cm³/mol. The van der Waals surface area contributed by atoms with Crippen LogP contribution in [-0.4, -0.2) is 60.0 Å². The topological polar surface area (TPSA) is 61.6 Å². The number of carbonyl (C=O) groups excluding carboxylic acids is 1. The molecule has 2 aromatic rings. The lowest BCUT2D eigenvalue weighted by Gasteiger charge is -2.33. The number of carbonyl (C=O) groups is 1. The molecule has 0 spiro atoms. The molecule has 1 saturated heterocycles. The van der Waals surface area contributed by atoms with Gasteiger partial charge in [-0.05, 0) is 0 Å². The number of aromatic nitrogens is 1. The van der Waals surface area contributed by atoms with Gasteiger partial charge in [-0.1, -0.05) is 36.4 Å². The number of piperazine rings is 1. The highest BCUT2D eigenvalue weighted by Crippen LogP contribution is 2.20. The zero-order valence-corrected chi connectivity index (χ0v) is 14.4. The third kappa shape index (κ3) is 5.01. The number of nitrogens with zero attached hydrogens (tertiary/aromatic N) is 3. The summed E-state index contributed by atoms with van der Waals surface area (Å²) in [6, 6.07) is 9.99. The number of hydrogen-bond donors (Lipinski definition) is 1. The van der Waals surface area contributed by atoms with Crippen LogP contribution in [0.5, 0.6) is 0 Å². The fraction of sp³-hybridized carbons (Fsp3) is 0.368. The van der Waals surface area contributed by atoms with Crippen LogP contribution in [0.3, 0.4) is 0 Å². The van der Waals surface area contributed by atoms with Gasteiger partial charge in [-0.15, -0.1) is 6.58 Å². The molecule has 0 aliphatic carbocycles. The van der Waals surface area contributed by atoms with Crippen LogP contribution in [0, 0.1) is 0 Å². The number of hydrogen-bond acceptors (Lipinski definition) is 5. The van der Waals surface area contributed by atoms with E-state index in [4.69, 9.17) is 4.42 Å². The van der Waals surface area contributed by atoms with Crippen molar-refractivity contribution in [3.63, 3.8) is 0 Å². The number of oxazole rings is 1. The SMILES string of the molecule is C=CCNC(=O)CN1CCN(Cc2ncc(-c3ccccc3)o2)CC1. The number of amides is 1. The first-order chi connectivity index (χ1) is 12.2. The van der Waals surface area contributed by atoms with Crippen molar-refractivity contribution in [3.05, 3.63) is 55.1 Å². The Kier molecular flexibility index (Phi) is 5.98. The monoisotopic (exact) mass is 340 g/mol. The van der Waals surface area contributed by atoms with E-state index in [1.54, 1.807) is 12.3 Å². The summed E-state index contributed by atoms with van der Waals surface area (Å²) in [5.74, 6) is 1.58. The summed E-state index contributed by atoms with van der Waals surface area (Å²) >= 11 is 0. The van der Waals surface area contributed by atoms with Gasteiger partial charge in [0.05, 0.1) is 19.3 Å². The maximum atomic E-state index is 11.7. The van der Waals surface area contributed by atoms with Crippen molar-refractivity contribution in [1.82, 2.24) is 20.1 Å². The number of nitrogens with one attached hydrogen (secondary N) is 1. The molecule has 6 nitrogen and oxygen atoms in total. The van der Waals surface area contributed by atoms with E-state index in [1.807, 2.05) is 30.3 Å². The molecule has 1 amide bonds. The molecular formula is C19H24N4O2. The standard InChI is InChI=1S/C19H24N4O2/c1-2-8-20-18(24)14-22-9-11-23(12-10-22)15-19-21-13-17(25-19)16-6-4-3-5-7-16/h2-7,13H,1,8-12,14-15H2,(H,20,24). The van der Waals surface area contributed by atoms with E-state index < -0.39 is 0 Å². The Morgan fingerprint density at radius 3 is 2.64 bits per heavy atom. The van der Waals surface area contributed by atoms with Gasteiger partial charge in [0.25, 0.3) is 0 Å². The molecule has 1 aliphatic heterocycles. The number of benzene rings is 1. The summed E-state index contributed by atoms with van der Waals surface area (Å²) in [7, 11) is 0. The minimum absolute atomic E-state index is 0.0496. The van der Waals surface area contributed by atoms with Crippen LogP contribution in [-0.2, 0) is 11.3 Å². The Hall–Kier alpha value is -2.44. The Morgan fingerprint density at radius 2 is 1.92 bits per heavy atom. The third-order valence-corrected chi connectivity index (χ3v) is 4.25. The Morgan fingerprint density at radius 1 is 1.20 bits per heavy atom. The molecule has 0 atom stereocenters. The smallest absolute Gasteiger partial charge is 0.234 e. The van der Waals surface area contributed by atoms with Gasteiger partial charge in [0.2, 0.25) is 11.8 Å². The normalized spacial score (nSPS) is 15.8. The second kappa shape index (κ2) is 8.60. The molecule has 1 aromatic carbocycles. The van der Waals surface area contributed by atoms with E-state index in [0.717, 1.165) is 43.4 Å². The molecule has 0 bridgehead atoms. The van der Waals surface area contributed by atoms with Crippen LogP contribution < -0.4 is 5.32 Å². The van der Waals surface area contributed by atoms with Crippen molar-refractivity contribution in [3.8, 4) is 11.3 Å². The fourth-order valence-electron chi connectivity index (χ4n) is 2.86. The minimum atomic E-state index is 0.0496. The van der Waals surface area contributed by atoms with Gasteiger partial charge in [-0.3, -0.25) is 14.6 Å². The first kappa shape index (κ1) is 17.4. The largest absolute Gasteiger partial charge is 0.439 e. The summed E-state index contributed by atoms with van der Waals surface area (Å²) in [5, 5.41) is 2.81. The first-order valence-electron chi connectivity index (χ1n) is 8.57. The zero-order chi connectivity index (χ0) is 17.5. The molecule has 25 heavy (non-hydrogen) atoms. The predicted octanol–water partition coefficient (Wildman–Crippen LogP) is 1.76. The number of rotatable bonds is 7. The third-order valence-electron chi connectivity index (χ3n) is 4.25. The Bertz CT molecular complexity index is 690. The zero-order valence-electron chi connectivity index (χ0n) is 14.4.